The molecule has 0 amide bonds. The summed E-state index contributed by atoms with van der Waals surface area (Å²) in [7, 11) is 0. The second kappa shape index (κ2) is 4.97. The number of pyridine rings is 1. The molecule has 1 aromatic carbocycles. The molecule has 20 heavy (non-hydrogen) atoms. The van der Waals surface area contributed by atoms with E-state index in [0.29, 0.717) is 11.3 Å². The minimum Gasteiger partial charge on any atom is -0.367 e. The van der Waals surface area contributed by atoms with Crippen molar-refractivity contribution < 1.29 is 4.52 Å². The van der Waals surface area contributed by atoms with Gasteiger partial charge in [-0.15, -0.1) is 0 Å². The lowest BCUT2D eigenvalue weighted by Crippen LogP contribution is -2.01. The molecule has 3 N–H and O–H groups in total. The van der Waals surface area contributed by atoms with Crippen LogP contribution in [0.25, 0.3) is 22.4 Å². The van der Waals surface area contributed by atoms with Gasteiger partial charge < -0.3 is 15.2 Å². The van der Waals surface area contributed by atoms with E-state index in [1.165, 1.54) is 6.07 Å². The fourth-order valence-corrected chi connectivity index (χ4v) is 2.46. The van der Waals surface area contributed by atoms with Crippen LogP contribution in [0.4, 0.5) is 5.88 Å². The van der Waals surface area contributed by atoms with Crippen LogP contribution < -0.4 is 11.3 Å². The van der Waals surface area contributed by atoms with Crippen LogP contribution in [-0.2, 0) is 0 Å². The van der Waals surface area contributed by atoms with Crippen molar-refractivity contribution >= 4 is 21.8 Å². The molecule has 0 fully saturated rings. The summed E-state index contributed by atoms with van der Waals surface area (Å²) in [5.41, 5.74) is 8.62. The molecule has 0 radical (unpaired) electrons. The van der Waals surface area contributed by atoms with Gasteiger partial charge in [-0.2, -0.15) is 0 Å². The highest BCUT2D eigenvalue weighted by molar-refractivity contribution is 9.10. The molecular formula is C14H10BrN3O2. The Morgan fingerprint density at radius 2 is 2.00 bits per heavy atom. The van der Waals surface area contributed by atoms with Gasteiger partial charge in [-0.1, -0.05) is 39.3 Å². The second-order valence-electron chi connectivity index (χ2n) is 4.19. The molecule has 0 unspecified atom stereocenters. The quantitative estimate of drug-likeness (QED) is 0.755. The molecule has 3 rings (SSSR count). The molecule has 5 nitrogen and oxygen atoms in total. The summed E-state index contributed by atoms with van der Waals surface area (Å²) in [5.74, 6) is 0.234. The molecule has 100 valence electrons. The topological polar surface area (TPSA) is 84.9 Å². The molecule has 0 atom stereocenters. The minimum absolute atomic E-state index is 0.173. The van der Waals surface area contributed by atoms with Crippen LogP contribution in [-0.4, -0.2) is 10.1 Å². The number of nitrogens with one attached hydrogen (secondary N) is 1. The predicted molar refractivity (Wildman–Crippen MR) is 80.1 cm³/mol. The summed E-state index contributed by atoms with van der Waals surface area (Å²) in [5, 5.41) is 3.99. The van der Waals surface area contributed by atoms with Gasteiger partial charge in [-0.05, 0) is 12.1 Å². The number of aromatic amines is 1. The molecule has 2 aromatic heterocycles. The fraction of sp³-hybridized carbons (Fsp3) is 0. The van der Waals surface area contributed by atoms with Gasteiger partial charge in [-0.25, -0.2) is 0 Å². The third-order valence-electron chi connectivity index (χ3n) is 2.92. The van der Waals surface area contributed by atoms with Crippen molar-refractivity contribution in [3.8, 4) is 22.4 Å². The first-order valence-corrected chi connectivity index (χ1v) is 6.65. The number of hydrogen-bond acceptors (Lipinski definition) is 4. The van der Waals surface area contributed by atoms with Crippen LogP contribution in [0.15, 0.2) is 56.4 Å². The Hall–Kier alpha value is -2.34. The molecule has 0 aliphatic carbocycles. The Morgan fingerprint density at radius 3 is 2.70 bits per heavy atom. The summed E-state index contributed by atoms with van der Waals surface area (Å²) < 4.78 is 5.99. The lowest BCUT2D eigenvalue weighted by Gasteiger charge is -2.04. The van der Waals surface area contributed by atoms with E-state index in [4.69, 9.17) is 10.3 Å². The Kier molecular flexibility index (Phi) is 3.15. The van der Waals surface area contributed by atoms with Crippen molar-refractivity contribution in [2.24, 2.45) is 0 Å². The maximum atomic E-state index is 11.1. The smallest absolute Gasteiger partial charge is 0.247 e. The van der Waals surface area contributed by atoms with E-state index in [9.17, 15) is 4.79 Å². The van der Waals surface area contributed by atoms with Gasteiger partial charge in [0.15, 0.2) is 0 Å². The van der Waals surface area contributed by atoms with Crippen molar-refractivity contribution in [2.75, 3.05) is 5.73 Å². The van der Waals surface area contributed by atoms with E-state index in [1.54, 1.807) is 12.3 Å². The molecule has 2 heterocycles. The first kappa shape index (κ1) is 12.7. The van der Waals surface area contributed by atoms with Crippen LogP contribution in [0.1, 0.15) is 0 Å². The third kappa shape index (κ3) is 2.14. The molecule has 0 saturated carbocycles. The number of H-pyrrole nitrogens is 1. The van der Waals surface area contributed by atoms with Crippen molar-refractivity contribution in [1.82, 2.24) is 10.1 Å². The highest BCUT2D eigenvalue weighted by atomic mass is 79.9. The van der Waals surface area contributed by atoms with Gasteiger partial charge >= 0.3 is 0 Å². The summed E-state index contributed by atoms with van der Waals surface area (Å²) in [6, 6.07) is 10.8. The predicted octanol–water partition coefficient (Wildman–Crippen LogP) is 3.04. The van der Waals surface area contributed by atoms with Crippen LogP contribution >= 0.6 is 15.9 Å². The van der Waals surface area contributed by atoms with E-state index in [-0.39, 0.29) is 11.4 Å². The van der Waals surface area contributed by atoms with Crippen molar-refractivity contribution in [3.05, 3.63) is 57.4 Å². The summed E-state index contributed by atoms with van der Waals surface area (Å²) in [6.45, 7) is 0. The normalized spacial score (nSPS) is 10.7. The van der Waals surface area contributed by atoms with Crippen LogP contribution in [0.5, 0.6) is 0 Å². The first-order chi connectivity index (χ1) is 9.66. The maximum Gasteiger partial charge on any atom is 0.247 e. The van der Waals surface area contributed by atoms with E-state index in [0.717, 1.165) is 15.6 Å². The summed E-state index contributed by atoms with van der Waals surface area (Å²) in [6.07, 6.45) is 1.58. The Balaban J connectivity index is 2.23. The van der Waals surface area contributed by atoms with Crippen molar-refractivity contribution in [3.63, 3.8) is 0 Å². The highest BCUT2D eigenvalue weighted by Gasteiger charge is 2.19. The summed E-state index contributed by atoms with van der Waals surface area (Å²) >= 11 is 3.49. The van der Waals surface area contributed by atoms with Crippen LogP contribution in [0, 0.1) is 0 Å². The molecule has 0 aliphatic rings. The Morgan fingerprint density at radius 1 is 1.20 bits per heavy atom. The SMILES string of the molecule is Nc1onc(-c2ccc(=O)[nH]c2)c1-c1ccccc1Br. The molecule has 0 bridgehead atoms. The van der Waals surface area contributed by atoms with Crippen LogP contribution in [0.2, 0.25) is 0 Å². The summed E-state index contributed by atoms with van der Waals surface area (Å²) in [4.78, 5) is 13.7. The largest absolute Gasteiger partial charge is 0.367 e. The monoisotopic (exact) mass is 331 g/mol. The number of nitrogens with zero attached hydrogens (tertiary/aromatic N) is 1. The highest BCUT2D eigenvalue weighted by Crippen LogP contribution is 2.39. The molecular weight excluding hydrogens is 322 g/mol. The minimum atomic E-state index is -0.173. The molecule has 6 heteroatoms. The zero-order valence-electron chi connectivity index (χ0n) is 10.3. The van der Waals surface area contributed by atoms with Gasteiger partial charge in [0.25, 0.3) is 0 Å². The van der Waals surface area contributed by atoms with Crippen LogP contribution in [0.3, 0.4) is 0 Å². The van der Waals surface area contributed by atoms with E-state index in [2.05, 4.69) is 26.1 Å². The number of nitrogens with two attached hydrogens (primary N) is 1. The molecule has 0 saturated heterocycles. The third-order valence-corrected chi connectivity index (χ3v) is 3.61. The lowest BCUT2D eigenvalue weighted by molar-refractivity contribution is 0.439. The lowest BCUT2D eigenvalue weighted by atomic mass is 10.0. The number of nitrogen functional groups attached to an aromatic ring is 1. The number of aromatic nitrogens is 2. The van der Waals surface area contributed by atoms with Crippen molar-refractivity contribution in [2.45, 2.75) is 0 Å². The fourth-order valence-electron chi connectivity index (χ4n) is 1.98. The zero-order chi connectivity index (χ0) is 14.1. The average Bonchev–Trinajstić information content (AvgIpc) is 2.82. The van der Waals surface area contributed by atoms with E-state index >= 15 is 0 Å². The van der Waals surface area contributed by atoms with Gasteiger partial charge in [0.2, 0.25) is 11.4 Å². The average molecular weight is 332 g/mol. The number of rotatable bonds is 2. The standard InChI is InChI=1S/C14H10BrN3O2/c15-10-4-2-1-3-9(10)12-13(18-20-14(12)16)8-5-6-11(19)17-7-8/h1-7H,16H2,(H,17,19). The van der Waals surface area contributed by atoms with E-state index < -0.39 is 0 Å². The van der Waals surface area contributed by atoms with Gasteiger partial charge in [0.1, 0.15) is 5.69 Å². The maximum absolute atomic E-state index is 11.1. The van der Waals surface area contributed by atoms with Gasteiger partial charge in [0.05, 0.1) is 5.56 Å². The van der Waals surface area contributed by atoms with Gasteiger partial charge in [-0.3, -0.25) is 4.79 Å². The van der Waals surface area contributed by atoms with E-state index in [1.807, 2.05) is 24.3 Å². The number of benzene rings is 1. The number of hydrogen-bond donors (Lipinski definition) is 2. The second-order valence-corrected chi connectivity index (χ2v) is 5.05. The molecule has 0 spiro atoms. The molecule has 0 aliphatic heterocycles. The zero-order valence-corrected chi connectivity index (χ0v) is 11.8. The van der Waals surface area contributed by atoms with Crippen molar-refractivity contribution in [1.29, 1.82) is 0 Å². The number of halogens is 1. The van der Waals surface area contributed by atoms with Gasteiger partial charge in [0, 0.05) is 27.9 Å². The Bertz CT molecular complexity index is 803. The number of anilines is 1. The first-order valence-electron chi connectivity index (χ1n) is 5.86. The molecule has 3 aromatic rings. The Labute approximate surface area is 122 Å².